The number of nitrogens with zero attached hydrogens (tertiary/aromatic N) is 4. The summed E-state index contributed by atoms with van der Waals surface area (Å²) in [7, 11) is 3.82. The minimum absolute atomic E-state index is 0.282. The summed E-state index contributed by atoms with van der Waals surface area (Å²) >= 11 is 0. The normalized spacial score (nSPS) is 12.7. The molecule has 6 heteroatoms. The van der Waals surface area contributed by atoms with Gasteiger partial charge in [-0.1, -0.05) is 18.2 Å². The predicted octanol–water partition coefficient (Wildman–Crippen LogP) is 3.05. The molecule has 154 valence electrons. The molecule has 0 saturated carbocycles. The van der Waals surface area contributed by atoms with Gasteiger partial charge < -0.3 is 15.5 Å². The number of benzene rings is 1. The van der Waals surface area contributed by atoms with Crippen molar-refractivity contribution >= 4 is 11.6 Å². The Bertz CT molecular complexity index is 750. The summed E-state index contributed by atoms with van der Waals surface area (Å²) in [6.07, 6.45) is 1.99. The molecule has 0 fully saturated rings. The number of guanidine groups is 1. The standard InChI is InChI=1S/C22H36N6/c1-7-28(20-12-9-8-10-13-20)15-11-14-24-22(23-5)25-17(2)16-21-18(3)26-27(6)19(21)4/h8-10,12-13,17H,7,11,14-16H2,1-6H3,(H2,23,24,25). The summed E-state index contributed by atoms with van der Waals surface area (Å²) in [5.41, 5.74) is 4.94. The van der Waals surface area contributed by atoms with Crippen molar-refractivity contribution in [3.8, 4) is 0 Å². The van der Waals surface area contributed by atoms with E-state index in [2.05, 4.69) is 83.7 Å². The lowest BCUT2D eigenvalue weighted by atomic mass is 10.1. The summed E-state index contributed by atoms with van der Waals surface area (Å²) in [5.74, 6) is 0.856. The average molecular weight is 385 g/mol. The zero-order chi connectivity index (χ0) is 20.5. The Kier molecular flexibility index (Phi) is 8.36. The fourth-order valence-corrected chi connectivity index (χ4v) is 3.48. The molecule has 6 nitrogen and oxygen atoms in total. The van der Waals surface area contributed by atoms with Crippen LogP contribution in [-0.4, -0.2) is 48.5 Å². The summed E-state index contributed by atoms with van der Waals surface area (Å²) in [6, 6.07) is 10.9. The Balaban J connectivity index is 1.78. The molecule has 0 aliphatic heterocycles. The maximum absolute atomic E-state index is 4.51. The molecule has 2 aromatic rings. The molecule has 1 heterocycles. The van der Waals surface area contributed by atoms with E-state index in [0.717, 1.165) is 44.1 Å². The molecule has 0 bridgehead atoms. The van der Waals surface area contributed by atoms with Crippen LogP contribution in [0.2, 0.25) is 0 Å². The van der Waals surface area contributed by atoms with Crippen molar-refractivity contribution in [3.05, 3.63) is 47.3 Å². The largest absolute Gasteiger partial charge is 0.372 e. The van der Waals surface area contributed by atoms with Gasteiger partial charge in [0.2, 0.25) is 0 Å². The van der Waals surface area contributed by atoms with Crippen molar-refractivity contribution in [1.29, 1.82) is 0 Å². The van der Waals surface area contributed by atoms with Crippen LogP contribution in [-0.2, 0) is 13.5 Å². The third-order valence-corrected chi connectivity index (χ3v) is 5.18. The third-order valence-electron chi connectivity index (χ3n) is 5.18. The monoisotopic (exact) mass is 384 g/mol. The van der Waals surface area contributed by atoms with Gasteiger partial charge in [-0.2, -0.15) is 5.10 Å². The van der Waals surface area contributed by atoms with E-state index in [1.54, 1.807) is 0 Å². The van der Waals surface area contributed by atoms with Gasteiger partial charge in [-0.05, 0) is 58.2 Å². The lowest BCUT2D eigenvalue weighted by Gasteiger charge is -2.23. The number of aryl methyl sites for hydroxylation is 2. The summed E-state index contributed by atoms with van der Waals surface area (Å²) in [6.45, 7) is 11.5. The number of hydrogen-bond donors (Lipinski definition) is 2. The first-order valence-electron chi connectivity index (χ1n) is 10.2. The minimum atomic E-state index is 0.282. The molecule has 2 rings (SSSR count). The van der Waals surface area contributed by atoms with E-state index < -0.39 is 0 Å². The van der Waals surface area contributed by atoms with Crippen LogP contribution >= 0.6 is 0 Å². The molecular formula is C22H36N6. The van der Waals surface area contributed by atoms with E-state index >= 15 is 0 Å². The Morgan fingerprint density at radius 3 is 2.54 bits per heavy atom. The van der Waals surface area contributed by atoms with Crippen LogP contribution in [0.3, 0.4) is 0 Å². The Hall–Kier alpha value is -2.50. The number of para-hydroxylation sites is 1. The van der Waals surface area contributed by atoms with Gasteiger partial charge in [0.1, 0.15) is 0 Å². The second kappa shape index (κ2) is 10.7. The number of nitrogens with one attached hydrogen (secondary N) is 2. The SMILES string of the molecule is CCN(CCCNC(=NC)NC(C)Cc1c(C)nn(C)c1C)c1ccccc1. The molecule has 2 N–H and O–H groups in total. The predicted molar refractivity (Wildman–Crippen MR) is 119 cm³/mol. The maximum atomic E-state index is 4.51. The van der Waals surface area contributed by atoms with Crippen LogP contribution in [0, 0.1) is 13.8 Å². The molecule has 0 spiro atoms. The van der Waals surface area contributed by atoms with Gasteiger partial charge in [0.25, 0.3) is 0 Å². The molecule has 28 heavy (non-hydrogen) atoms. The smallest absolute Gasteiger partial charge is 0.191 e. The highest BCUT2D eigenvalue weighted by Gasteiger charge is 2.14. The van der Waals surface area contributed by atoms with E-state index in [4.69, 9.17) is 0 Å². The van der Waals surface area contributed by atoms with Gasteiger partial charge in [-0.3, -0.25) is 9.67 Å². The van der Waals surface area contributed by atoms with E-state index in [1.165, 1.54) is 16.9 Å². The van der Waals surface area contributed by atoms with Crippen molar-refractivity contribution in [2.24, 2.45) is 12.0 Å². The first-order valence-corrected chi connectivity index (χ1v) is 10.2. The van der Waals surface area contributed by atoms with Gasteiger partial charge >= 0.3 is 0 Å². The number of anilines is 1. The molecule has 0 amide bonds. The Morgan fingerprint density at radius 2 is 1.96 bits per heavy atom. The number of aromatic nitrogens is 2. The van der Waals surface area contributed by atoms with E-state index in [9.17, 15) is 0 Å². The van der Waals surface area contributed by atoms with Crippen LogP contribution in [0.4, 0.5) is 5.69 Å². The molecule has 1 unspecified atom stereocenters. The lowest BCUT2D eigenvalue weighted by molar-refractivity contribution is 0.629. The van der Waals surface area contributed by atoms with Crippen molar-refractivity contribution in [2.45, 2.75) is 46.6 Å². The molecule has 0 radical (unpaired) electrons. The van der Waals surface area contributed by atoms with Gasteiger partial charge in [-0.15, -0.1) is 0 Å². The fourth-order valence-electron chi connectivity index (χ4n) is 3.48. The summed E-state index contributed by atoms with van der Waals surface area (Å²) in [4.78, 5) is 6.77. The van der Waals surface area contributed by atoms with Crippen molar-refractivity contribution in [3.63, 3.8) is 0 Å². The summed E-state index contributed by atoms with van der Waals surface area (Å²) < 4.78 is 1.96. The molecule has 0 saturated heterocycles. The van der Waals surface area contributed by atoms with Crippen molar-refractivity contribution < 1.29 is 0 Å². The fraction of sp³-hybridized carbons (Fsp3) is 0.545. The first-order chi connectivity index (χ1) is 13.5. The van der Waals surface area contributed by atoms with Gasteiger partial charge in [0.15, 0.2) is 5.96 Å². The second-order valence-electron chi connectivity index (χ2n) is 7.29. The number of aliphatic imine (C=N–C) groups is 1. The quantitative estimate of drug-likeness (QED) is 0.396. The average Bonchev–Trinajstić information content (AvgIpc) is 2.93. The van der Waals surface area contributed by atoms with Crippen LogP contribution < -0.4 is 15.5 Å². The molecule has 0 aliphatic rings. The molecule has 1 aromatic carbocycles. The second-order valence-corrected chi connectivity index (χ2v) is 7.29. The Labute approximate surface area is 170 Å². The highest BCUT2D eigenvalue weighted by molar-refractivity contribution is 5.79. The third kappa shape index (κ3) is 6.01. The molecule has 0 aliphatic carbocycles. The Morgan fingerprint density at radius 1 is 1.25 bits per heavy atom. The van der Waals surface area contributed by atoms with Gasteiger partial charge in [-0.25, -0.2) is 0 Å². The summed E-state index contributed by atoms with van der Waals surface area (Å²) in [5, 5.41) is 11.5. The topological polar surface area (TPSA) is 57.5 Å². The van der Waals surface area contributed by atoms with Crippen LogP contribution in [0.5, 0.6) is 0 Å². The van der Waals surface area contributed by atoms with Crippen molar-refractivity contribution in [1.82, 2.24) is 20.4 Å². The van der Waals surface area contributed by atoms with Crippen LogP contribution in [0.1, 0.15) is 37.2 Å². The zero-order valence-electron chi connectivity index (χ0n) is 18.3. The minimum Gasteiger partial charge on any atom is -0.372 e. The number of rotatable bonds is 9. The maximum Gasteiger partial charge on any atom is 0.191 e. The first kappa shape index (κ1) is 21.8. The molecule has 1 atom stereocenters. The number of hydrogen-bond acceptors (Lipinski definition) is 3. The highest BCUT2D eigenvalue weighted by atomic mass is 15.3. The van der Waals surface area contributed by atoms with E-state index in [-0.39, 0.29) is 6.04 Å². The van der Waals surface area contributed by atoms with Gasteiger partial charge in [0.05, 0.1) is 5.69 Å². The van der Waals surface area contributed by atoms with Gasteiger partial charge in [0, 0.05) is 51.2 Å². The van der Waals surface area contributed by atoms with Crippen molar-refractivity contribution in [2.75, 3.05) is 31.6 Å². The molecular weight excluding hydrogens is 348 g/mol. The lowest BCUT2D eigenvalue weighted by Crippen LogP contribution is -2.44. The zero-order valence-corrected chi connectivity index (χ0v) is 18.3. The highest BCUT2D eigenvalue weighted by Crippen LogP contribution is 2.14. The van der Waals surface area contributed by atoms with Crippen LogP contribution in [0.15, 0.2) is 35.3 Å². The molecule has 1 aromatic heterocycles. The van der Waals surface area contributed by atoms with E-state index in [1.807, 2.05) is 18.8 Å². The van der Waals surface area contributed by atoms with Crippen LogP contribution in [0.25, 0.3) is 0 Å². The van der Waals surface area contributed by atoms with E-state index in [0.29, 0.717) is 0 Å².